The van der Waals surface area contributed by atoms with E-state index in [9.17, 15) is 9.90 Å². The van der Waals surface area contributed by atoms with Crippen LogP contribution in [0.1, 0.15) is 86.0 Å². The second-order valence-corrected chi connectivity index (χ2v) is 7.17. The SMILES string of the molecule is CCCCC(CCC)CC(CCC(C)(C)C)C(=O)O. The fourth-order valence-electron chi connectivity index (χ4n) is 2.63. The van der Waals surface area contributed by atoms with Crippen LogP contribution < -0.4 is 0 Å². The molecule has 2 heteroatoms. The lowest BCUT2D eigenvalue weighted by Crippen LogP contribution is -2.20. The average molecular weight is 270 g/mol. The Morgan fingerprint density at radius 3 is 2.11 bits per heavy atom. The van der Waals surface area contributed by atoms with E-state index in [1.54, 1.807) is 0 Å². The molecule has 0 fully saturated rings. The van der Waals surface area contributed by atoms with Crippen LogP contribution in [0, 0.1) is 17.3 Å². The Bertz CT molecular complexity index is 240. The van der Waals surface area contributed by atoms with Gasteiger partial charge in [-0.15, -0.1) is 0 Å². The Morgan fingerprint density at radius 2 is 1.68 bits per heavy atom. The summed E-state index contributed by atoms with van der Waals surface area (Å²) in [6.07, 6.45) is 8.68. The van der Waals surface area contributed by atoms with Crippen LogP contribution in [0.2, 0.25) is 0 Å². The molecule has 0 aliphatic heterocycles. The molecule has 0 saturated heterocycles. The number of aliphatic carboxylic acids is 1. The van der Waals surface area contributed by atoms with Gasteiger partial charge in [0.25, 0.3) is 0 Å². The molecule has 0 amide bonds. The lowest BCUT2D eigenvalue weighted by atomic mass is 9.81. The van der Waals surface area contributed by atoms with Gasteiger partial charge in [-0.2, -0.15) is 0 Å². The third-order valence-corrected chi connectivity index (χ3v) is 3.87. The Balaban J connectivity index is 4.38. The summed E-state index contributed by atoms with van der Waals surface area (Å²) in [6.45, 7) is 11.0. The molecule has 2 unspecified atom stereocenters. The summed E-state index contributed by atoms with van der Waals surface area (Å²) < 4.78 is 0. The zero-order chi connectivity index (χ0) is 14.9. The van der Waals surface area contributed by atoms with Gasteiger partial charge in [0, 0.05) is 0 Å². The minimum absolute atomic E-state index is 0.146. The first-order valence-corrected chi connectivity index (χ1v) is 8.03. The molecule has 0 rings (SSSR count). The zero-order valence-corrected chi connectivity index (χ0v) is 13.7. The molecular weight excluding hydrogens is 236 g/mol. The van der Waals surface area contributed by atoms with Gasteiger partial charge < -0.3 is 5.11 Å². The molecule has 2 nitrogen and oxygen atoms in total. The summed E-state index contributed by atoms with van der Waals surface area (Å²) in [6, 6.07) is 0. The second kappa shape index (κ2) is 9.39. The largest absolute Gasteiger partial charge is 0.481 e. The molecule has 0 aromatic rings. The summed E-state index contributed by atoms with van der Waals surface area (Å²) in [5, 5.41) is 9.41. The standard InChI is InChI=1S/C17H34O2/c1-6-8-10-14(9-7-2)13-15(16(18)19)11-12-17(3,4)5/h14-15H,6-13H2,1-5H3,(H,18,19). The minimum Gasteiger partial charge on any atom is -0.481 e. The van der Waals surface area contributed by atoms with Crippen molar-refractivity contribution < 1.29 is 9.90 Å². The molecule has 114 valence electrons. The van der Waals surface area contributed by atoms with Crippen molar-refractivity contribution >= 4 is 5.97 Å². The van der Waals surface area contributed by atoms with Gasteiger partial charge in [-0.25, -0.2) is 0 Å². The van der Waals surface area contributed by atoms with Gasteiger partial charge >= 0.3 is 5.97 Å². The third kappa shape index (κ3) is 9.98. The maximum absolute atomic E-state index is 11.4. The molecule has 0 spiro atoms. The summed E-state index contributed by atoms with van der Waals surface area (Å²) in [7, 11) is 0. The first-order valence-electron chi connectivity index (χ1n) is 8.03. The number of carbonyl (C=O) groups is 1. The van der Waals surface area contributed by atoms with Crippen LogP contribution in [-0.4, -0.2) is 11.1 Å². The topological polar surface area (TPSA) is 37.3 Å². The Morgan fingerprint density at radius 1 is 1.05 bits per heavy atom. The summed E-state index contributed by atoms with van der Waals surface area (Å²) in [5.74, 6) is -0.138. The molecule has 0 saturated carbocycles. The maximum Gasteiger partial charge on any atom is 0.306 e. The molecular formula is C17H34O2. The van der Waals surface area contributed by atoms with Crippen LogP contribution >= 0.6 is 0 Å². The van der Waals surface area contributed by atoms with Crippen LogP contribution in [0.15, 0.2) is 0 Å². The quantitative estimate of drug-likeness (QED) is 0.568. The zero-order valence-electron chi connectivity index (χ0n) is 13.7. The molecule has 0 heterocycles. The summed E-state index contributed by atoms with van der Waals surface area (Å²) >= 11 is 0. The molecule has 0 aromatic heterocycles. The molecule has 0 aliphatic rings. The van der Waals surface area contributed by atoms with Crippen molar-refractivity contribution in [2.45, 2.75) is 86.0 Å². The van der Waals surface area contributed by atoms with Crippen molar-refractivity contribution in [1.82, 2.24) is 0 Å². The average Bonchev–Trinajstić information content (AvgIpc) is 2.29. The Kier molecular flexibility index (Phi) is 9.12. The predicted molar refractivity (Wildman–Crippen MR) is 82.4 cm³/mol. The number of unbranched alkanes of at least 4 members (excludes halogenated alkanes) is 1. The Labute approximate surface area is 120 Å². The smallest absolute Gasteiger partial charge is 0.306 e. The molecule has 0 aliphatic carbocycles. The van der Waals surface area contributed by atoms with E-state index in [2.05, 4.69) is 34.6 Å². The van der Waals surface area contributed by atoms with E-state index in [0.29, 0.717) is 5.92 Å². The fourth-order valence-corrected chi connectivity index (χ4v) is 2.63. The highest BCUT2D eigenvalue weighted by Gasteiger charge is 2.24. The molecule has 2 atom stereocenters. The van der Waals surface area contributed by atoms with E-state index in [1.807, 2.05) is 0 Å². The van der Waals surface area contributed by atoms with E-state index < -0.39 is 5.97 Å². The van der Waals surface area contributed by atoms with E-state index in [1.165, 1.54) is 32.1 Å². The van der Waals surface area contributed by atoms with E-state index in [4.69, 9.17) is 0 Å². The van der Waals surface area contributed by atoms with Gasteiger partial charge in [0.1, 0.15) is 0 Å². The second-order valence-electron chi connectivity index (χ2n) is 7.17. The van der Waals surface area contributed by atoms with E-state index in [-0.39, 0.29) is 11.3 Å². The normalized spacial score (nSPS) is 15.2. The summed E-state index contributed by atoms with van der Waals surface area (Å²) in [5.41, 5.74) is 0.234. The van der Waals surface area contributed by atoms with E-state index >= 15 is 0 Å². The minimum atomic E-state index is -0.596. The monoisotopic (exact) mass is 270 g/mol. The van der Waals surface area contributed by atoms with Gasteiger partial charge in [-0.3, -0.25) is 4.79 Å². The van der Waals surface area contributed by atoms with Crippen LogP contribution in [0.5, 0.6) is 0 Å². The first-order chi connectivity index (χ1) is 8.80. The van der Waals surface area contributed by atoms with Gasteiger partial charge in [0.15, 0.2) is 0 Å². The lowest BCUT2D eigenvalue weighted by molar-refractivity contribution is -0.142. The molecule has 1 N–H and O–H groups in total. The number of carboxylic acid groups (broad SMARTS) is 1. The lowest BCUT2D eigenvalue weighted by Gasteiger charge is -2.24. The van der Waals surface area contributed by atoms with Crippen LogP contribution in [0.4, 0.5) is 0 Å². The van der Waals surface area contributed by atoms with Gasteiger partial charge in [0.2, 0.25) is 0 Å². The van der Waals surface area contributed by atoms with Crippen molar-refractivity contribution in [3.05, 3.63) is 0 Å². The maximum atomic E-state index is 11.4. The number of carboxylic acids is 1. The molecule has 19 heavy (non-hydrogen) atoms. The van der Waals surface area contributed by atoms with Gasteiger partial charge in [-0.05, 0) is 30.6 Å². The molecule has 0 bridgehead atoms. The van der Waals surface area contributed by atoms with Crippen LogP contribution in [0.25, 0.3) is 0 Å². The first kappa shape index (κ1) is 18.5. The van der Waals surface area contributed by atoms with Gasteiger partial charge in [-0.1, -0.05) is 66.7 Å². The van der Waals surface area contributed by atoms with Crippen LogP contribution in [-0.2, 0) is 4.79 Å². The number of rotatable bonds is 10. The third-order valence-electron chi connectivity index (χ3n) is 3.87. The van der Waals surface area contributed by atoms with Crippen molar-refractivity contribution in [2.75, 3.05) is 0 Å². The summed E-state index contributed by atoms with van der Waals surface area (Å²) in [4.78, 5) is 11.4. The van der Waals surface area contributed by atoms with Crippen molar-refractivity contribution in [1.29, 1.82) is 0 Å². The van der Waals surface area contributed by atoms with Crippen molar-refractivity contribution in [2.24, 2.45) is 17.3 Å². The van der Waals surface area contributed by atoms with E-state index in [0.717, 1.165) is 19.3 Å². The fraction of sp³-hybridized carbons (Fsp3) is 0.941. The number of hydrogen-bond donors (Lipinski definition) is 1. The van der Waals surface area contributed by atoms with Gasteiger partial charge in [0.05, 0.1) is 5.92 Å². The highest BCUT2D eigenvalue weighted by molar-refractivity contribution is 5.69. The highest BCUT2D eigenvalue weighted by atomic mass is 16.4. The molecule has 0 radical (unpaired) electrons. The molecule has 0 aromatic carbocycles. The van der Waals surface area contributed by atoms with Crippen LogP contribution in [0.3, 0.4) is 0 Å². The number of hydrogen-bond acceptors (Lipinski definition) is 1. The predicted octanol–water partition coefficient (Wildman–Crippen LogP) is 5.51. The van der Waals surface area contributed by atoms with Crippen molar-refractivity contribution in [3.63, 3.8) is 0 Å². The van der Waals surface area contributed by atoms with Crippen molar-refractivity contribution in [3.8, 4) is 0 Å². The Hall–Kier alpha value is -0.530. The highest BCUT2D eigenvalue weighted by Crippen LogP contribution is 2.30.